The number of nitrogens with zero attached hydrogens (tertiary/aromatic N) is 2. The number of hydrogen-bond donors (Lipinski definition) is 0. The number of para-hydroxylation sites is 1. The molecule has 0 aliphatic rings. The molecule has 0 fully saturated rings. The summed E-state index contributed by atoms with van der Waals surface area (Å²) in [7, 11) is 0. The maximum atomic E-state index is 13.6. The molecule has 0 atom stereocenters. The predicted molar refractivity (Wildman–Crippen MR) is 130 cm³/mol. The second kappa shape index (κ2) is 8.96. The van der Waals surface area contributed by atoms with E-state index >= 15 is 0 Å². The number of rotatable bonds is 6. The molecule has 0 radical (unpaired) electrons. The summed E-state index contributed by atoms with van der Waals surface area (Å²) >= 11 is 1.88. The average Bonchev–Trinajstić information content (AvgIpc) is 3.38. The van der Waals surface area contributed by atoms with E-state index in [0.717, 1.165) is 32.3 Å². The molecule has 0 unspecified atom stereocenters. The van der Waals surface area contributed by atoms with Crippen LogP contribution in [0.1, 0.15) is 11.1 Å². The third-order valence-corrected chi connectivity index (χ3v) is 6.94. The van der Waals surface area contributed by atoms with Crippen LogP contribution in [0.4, 0.5) is 19.6 Å². The van der Waals surface area contributed by atoms with Crippen LogP contribution in [0.2, 0.25) is 0 Å². The van der Waals surface area contributed by atoms with Gasteiger partial charge in [0.05, 0.1) is 28.6 Å². The molecular formula is C25H18F2N2O2S2. The van der Waals surface area contributed by atoms with E-state index in [1.165, 1.54) is 11.3 Å². The molecule has 4 nitrogen and oxygen atoms in total. The second-order valence-electron chi connectivity index (χ2n) is 7.50. The lowest BCUT2D eigenvalue weighted by molar-refractivity contribution is -0.117. The number of benzene rings is 3. The van der Waals surface area contributed by atoms with E-state index in [9.17, 15) is 13.6 Å². The Balaban J connectivity index is 1.53. The van der Waals surface area contributed by atoms with Crippen molar-refractivity contribution in [2.75, 3.05) is 4.90 Å². The van der Waals surface area contributed by atoms with Crippen LogP contribution in [0.5, 0.6) is 0 Å². The van der Waals surface area contributed by atoms with E-state index in [1.807, 2.05) is 49.4 Å². The first-order valence-corrected chi connectivity index (χ1v) is 11.9. The molecule has 3 aromatic carbocycles. The predicted octanol–water partition coefficient (Wildman–Crippen LogP) is 7.57. The summed E-state index contributed by atoms with van der Waals surface area (Å²) in [6, 6.07) is 20.1. The third-order valence-electron chi connectivity index (χ3n) is 5.20. The summed E-state index contributed by atoms with van der Waals surface area (Å²) in [5.41, 5.74) is 3.96. The highest BCUT2D eigenvalue weighted by atomic mass is 32.2. The van der Waals surface area contributed by atoms with Gasteiger partial charge in [-0.05, 0) is 55.0 Å². The van der Waals surface area contributed by atoms with Gasteiger partial charge in [0.2, 0.25) is 5.91 Å². The maximum absolute atomic E-state index is 13.6. The summed E-state index contributed by atoms with van der Waals surface area (Å²) in [6.45, 7) is 1.98. The van der Waals surface area contributed by atoms with Gasteiger partial charge in [-0.3, -0.25) is 9.69 Å². The van der Waals surface area contributed by atoms with Gasteiger partial charge in [-0.25, -0.2) is 4.98 Å². The third kappa shape index (κ3) is 4.49. The van der Waals surface area contributed by atoms with Crippen molar-refractivity contribution in [2.24, 2.45) is 0 Å². The minimum absolute atomic E-state index is 0.111. The minimum Gasteiger partial charge on any atom is -0.464 e. The Kier molecular flexibility index (Phi) is 5.86. The van der Waals surface area contributed by atoms with Gasteiger partial charge >= 0.3 is 0 Å². The highest BCUT2D eigenvalue weighted by Gasteiger charge is 2.24. The number of hydrogen-bond acceptors (Lipinski definition) is 5. The molecule has 166 valence electrons. The lowest BCUT2D eigenvalue weighted by atomic mass is 10.1. The number of fused-ring (bicyclic) bond motifs is 2. The summed E-state index contributed by atoms with van der Waals surface area (Å²) in [5, 5.41) is 1.42. The van der Waals surface area contributed by atoms with Gasteiger partial charge < -0.3 is 4.42 Å². The molecule has 1 amide bonds. The minimum atomic E-state index is -2.50. The number of aryl methyl sites for hydroxylation is 1. The van der Waals surface area contributed by atoms with Crippen molar-refractivity contribution in [3.05, 3.63) is 84.1 Å². The monoisotopic (exact) mass is 480 g/mol. The largest absolute Gasteiger partial charge is 0.464 e. The van der Waals surface area contributed by atoms with Crippen molar-refractivity contribution in [1.82, 2.24) is 4.98 Å². The number of carbonyl (C=O) groups excluding carboxylic acids is 1. The van der Waals surface area contributed by atoms with Gasteiger partial charge in [0, 0.05) is 15.8 Å². The maximum Gasteiger partial charge on any atom is 0.288 e. The Hall–Kier alpha value is -3.23. The normalized spacial score (nSPS) is 11.5. The first-order chi connectivity index (χ1) is 16.0. The molecule has 0 aliphatic heterocycles. The molecule has 0 saturated carbocycles. The Labute approximate surface area is 196 Å². The summed E-state index contributed by atoms with van der Waals surface area (Å²) in [6.07, 6.45) is 1.72. The van der Waals surface area contributed by atoms with Gasteiger partial charge in [0.25, 0.3) is 5.76 Å². The van der Waals surface area contributed by atoms with Crippen molar-refractivity contribution in [2.45, 2.75) is 24.0 Å². The van der Waals surface area contributed by atoms with Gasteiger partial charge in [-0.1, -0.05) is 47.4 Å². The van der Waals surface area contributed by atoms with E-state index in [4.69, 9.17) is 4.42 Å². The summed E-state index contributed by atoms with van der Waals surface area (Å²) in [5.74, 6) is -2.69. The molecule has 2 aromatic heterocycles. The Morgan fingerprint density at radius 3 is 2.67 bits per heavy atom. The number of amides is 1. The fraction of sp³-hybridized carbons (Fsp3) is 0.120. The number of carbonyl (C=O) groups is 1. The zero-order chi connectivity index (χ0) is 22.9. The Morgan fingerprint density at radius 2 is 1.91 bits per heavy atom. The van der Waals surface area contributed by atoms with Crippen molar-refractivity contribution < 1.29 is 18.0 Å². The molecule has 0 saturated heterocycles. The number of thiazole rings is 1. The van der Waals surface area contributed by atoms with Gasteiger partial charge in [-0.2, -0.15) is 8.78 Å². The first kappa shape index (κ1) is 21.6. The molecular weight excluding hydrogens is 462 g/mol. The zero-order valence-electron chi connectivity index (χ0n) is 17.5. The van der Waals surface area contributed by atoms with Crippen LogP contribution < -0.4 is 4.90 Å². The number of anilines is 2. The zero-order valence-corrected chi connectivity index (χ0v) is 19.1. The van der Waals surface area contributed by atoms with E-state index in [2.05, 4.69) is 4.98 Å². The summed E-state index contributed by atoms with van der Waals surface area (Å²) < 4.78 is 32.1. The molecule has 8 heteroatoms. The first-order valence-electron chi connectivity index (χ1n) is 10.2. The Morgan fingerprint density at radius 1 is 1.12 bits per heavy atom. The van der Waals surface area contributed by atoms with Crippen LogP contribution in [0.3, 0.4) is 0 Å². The number of alkyl halides is 2. The fourth-order valence-electron chi connectivity index (χ4n) is 3.66. The average molecular weight is 481 g/mol. The van der Waals surface area contributed by atoms with Crippen molar-refractivity contribution in [3.63, 3.8) is 0 Å². The quantitative estimate of drug-likeness (QED) is 0.235. The number of furan rings is 1. The molecule has 5 rings (SSSR count). The molecule has 0 N–H and O–H groups in total. The van der Waals surface area contributed by atoms with E-state index in [0.29, 0.717) is 27.5 Å². The van der Waals surface area contributed by atoms with Gasteiger partial charge in [-0.15, -0.1) is 0 Å². The fourth-order valence-corrected chi connectivity index (χ4v) is 5.17. The van der Waals surface area contributed by atoms with Crippen molar-refractivity contribution >= 4 is 61.0 Å². The van der Waals surface area contributed by atoms with Crippen LogP contribution in [0, 0.1) is 6.92 Å². The van der Waals surface area contributed by atoms with E-state index in [-0.39, 0.29) is 12.3 Å². The second-order valence-corrected chi connectivity index (χ2v) is 9.58. The molecule has 0 spiro atoms. The Bertz CT molecular complexity index is 1410. The smallest absolute Gasteiger partial charge is 0.288 e. The van der Waals surface area contributed by atoms with Crippen LogP contribution in [-0.2, 0) is 11.2 Å². The molecule has 5 aromatic rings. The highest BCUT2D eigenvalue weighted by Crippen LogP contribution is 2.36. The van der Waals surface area contributed by atoms with Gasteiger partial charge in [0.15, 0.2) is 5.13 Å². The number of thioether (sulfide) groups is 1. The highest BCUT2D eigenvalue weighted by molar-refractivity contribution is 7.99. The van der Waals surface area contributed by atoms with Crippen LogP contribution >= 0.6 is 23.1 Å². The van der Waals surface area contributed by atoms with Crippen molar-refractivity contribution in [3.8, 4) is 0 Å². The number of aromatic nitrogens is 1. The van der Waals surface area contributed by atoms with Crippen LogP contribution in [0.25, 0.3) is 21.2 Å². The SMILES string of the molecule is Cc1ccc2c(CC(=O)N(c3ccc(SC(F)F)cc3)c3nc4ccccc4s3)coc2c1. The van der Waals surface area contributed by atoms with E-state index < -0.39 is 5.76 Å². The standard InChI is InChI=1S/C25H18F2N2O2S2/c1-15-6-11-19-16(14-31-21(19)12-15)13-23(30)29(17-7-9-18(10-8-17)32-24(26)27)25-28-20-4-2-3-5-22(20)33-25/h2-12,14,24H,13H2,1H3. The topological polar surface area (TPSA) is 46.3 Å². The van der Waals surface area contributed by atoms with Crippen LogP contribution in [-0.4, -0.2) is 16.6 Å². The number of halogens is 2. The lowest BCUT2D eigenvalue weighted by Gasteiger charge is -2.20. The molecule has 0 aliphatic carbocycles. The van der Waals surface area contributed by atoms with Gasteiger partial charge in [0.1, 0.15) is 5.58 Å². The van der Waals surface area contributed by atoms with Crippen LogP contribution in [0.15, 0.2) is 82.3 Å². The van der Waals surface area contributed by atoms with E-state index in [1.54, 1.807) is 35.4 Å². The molecule has 0 bridgehead atoms. The summed E-state index contributed by atoms with van der Waals surface area (Å²) in [4.78, 5) is 20.2. The molecule has 33 heavy (non-hydrogen) atoms. The lowest BCUT2D eigenvalue weighted by Crippen LogP contribution is -2.27. The molecule has 2 heterocycles. The van der Waals surface area contributed by atoms with Crippen molar-refractivity contribution in [1.29, 1.82) is 0 Å².